The van der Waals surface area contributed by atoms with E-state index in [9.17, 15) is 28.5 Å². The number of nitro benzene ring substituents is 1. The van der Waals surface area contributed by atoms with Gasteiger partial charge in [-0.05, 0) is 19.1 Å². The number of benzene rings is 2. The highest BCUT2D eigenvalue weighted by Crippen LogP contribution is 2.37. The van der Waals surface area contributed by atoms with Crippen molar-refractivity contribution in [3.63, 3.8) is 0 Å². The number of hydrogen-bond donors (Lipinski definition) is 1. The van der Waals surface area contributed by atoms with Crippen LogP contribution in [0.25, 0.3) is 0 Å². The number of fused-ring (bicyclic) bond motifs is 1. The fourth-order valence-electron chi connectivity index (χ4n) is 2.50. The lowest BCUT2D eigenvalue weighted by Gasteiger charge is -2.19. The van der Waals surface area contributed by atoms with Crippen LogP contribution in [0.4, 0.5) is 20.2 Å². The number of hydrogen-bond acceptors (Lipinski definition) is 7. The Bertz CT molecular complexity index is 996. The first-order valence-electron chi connectivity index (χ1n) is 8.31. The molecule has 9 nitrogen and oxygen atoms in total. The lowest BCUT2D eigenvalue weighted by Crippen LogP contribution is -2.30. The molecule has 1 atom stereocenters. The van der Waals surface area contributed by atoms with Crippen molar-refractivity contribution in [1.29, 1.82) is 0 Å². The minimum Gasteiger partial charge on any atom is -0.486 e. The summed E-state index contributed by atoms with van der Waals surface area (Å²) in [5.41, 5.74) is -1.34. The average Bonchev–Trinajstić information content (AvgIpc) is 2.68. The number of halogens is 2. The third-order valence-electron chi connectivity index (χ3n) is 3.92. The van der Waals surface area contributed by atoms with Gasteiger partial charge < -0.3 is 19.5 Å². The molecule has 11 heteroatoms. The fraction of sp³-hybridized carbons (Fsp3) is 0.222. The molecule has 0 bridgehead atoms. The van der Waals surface area contributed by atoms with Gasteiger partial charge in [-0.25, -0.2) is 13.6 Å². The van der Waals surface area contributed by atoms with E-state index in [1.54, 1.807) is 0 Å². The van der Waals surface area contributed by atoms with Gasteiger partial charge in [-0.3, -0.25) is 14.9 Å². The Morgan fingerprint density at radius 1 is 1.17 bits per heavy atom. The molecule has 1 aliphatic heterocycles. The summed E-state index contributed by atoms with van der Waals surface area (Å²) in [7, 11) is 0. The van der Waals surface area contributed by atoms with E-state index in [0.717, 1.165) is 24.3 Å². The van der Waals surface area contributed by atoms with Gasteiger partial charge in [0.05, 0.1) is 16.7 Å². The smallest absolute Gasteiger partial charge is 0.346 e. The molecule has 0 saturated heterocycles. The molecule has 0 fully saturated rings. The Balaban J connectivity index is 1.76. The van der Waals surface area contributed by atoms with Gasteiger partial charge in [0.15, 0.2) is 17.6 Å². The molecule has 1 N–H and O–H groups in total. The minimum absolute atomic E-state index is 0.108. The van der Waals surface area contributed by atoms with Crippen LogP contribution in [0.15, 0.2) is 30.3 Å². The van der Waals surface area contributed by atoms with Gasteiger partial charge >= 0.3 is 5.97 Å². The van der Waals surface area contributed by atoms with E-state index < -0.39 is 45.8 Å². The Kier molecular flexibility index (Phi) is 5.57. The zero-order valence-electron chi connectivity index (χ0n) is 14.9. The second-order valence-corrected chi connectivity index (χ2v) is 5.93. The summed E-state index contributed by atoms with van der Waals surface area (Å²) in [4.78, 5) is 35.0. The first kappa shape index (κ1) is 20.0. The van der Waals surface area contributed by atoms with E-state index >= 15 is 0 Å². The van der Waals surface area contributed by atoms with Crippen molar-refractivity contribution in [3.8, 4) is 11.5 Å². The van der Waals surface area contributed by atoms with Crippen molar-refractivity contribution in [2.45, 2.75) is 13.0 Å². The normalized spacial score (nSPS) is 13.3. The molecular weight excluding hydrogens is 394 g/mol. The predicted octanol–water partition coefficient (Wildman–Crippen LogP) is 2.83. The second-order valence-electron chi connectivity index (χ2n) is 5.93. The van der Waals surface area contributed by atoms with E-state index in [2.05, 4.69) is 5.32 Å². The topological polar surface area (TPSA) is 117 Å². The Hall–Kier alpha value is -3.76. The van der Waals surface area contributed by atoms with Crippen molar-refractivity contribution in [1.82, 2.24) is 0 Å². The quantitative estimate of drug-likeness (QED) is 0.459. The number of esters is 1. The SMILES string of the molecule is C[C@H](OC(=O)c1cc2c(cc1[N+](=O)[O-])OCCO2)C(=O)Nc1ccc(F)cc1F. The summed E-state index contributed by atoms with van der Waals surface area (Å²) in [5, 5.41) is 13.4. The number of carbonyl (C=O) groups excluding carboxylic acids is 2. The first-order valence-corrected chi connectivity index (χ1v) is 8.31. The van der Waals surface area contributed by atoms with Gasteiger partial charge in [0.2, 0.25) is 0 Å². The van der Waals surface area contributed by atoms with Crippen LogP contribution < -0.4 is 14.8 Å². The van der Waals surface area contributed by atoms with Crippen LogP contribution in [-0.4, -0.2) is 36.1 Å². The Labute approximate surface area is 162 Å². The maximum absolute atomic E-state index is 13.6. The molecule has 0 spiro atoms. The third kappa shape index (κ3) is 4.39. The van der Waals surface area contributed by atoms with Crippen LogP contribution >= 0.6 is 0 Å². The number of nitro groups is 1. The maximum Gasteiger partial charge on any atom is 0.346 e. The molecular formula is C18H14F2N2O7. The molecule has 152 valence electrons. The van der Waals surface area contributed by atoms with Gasteiger partial charge in [0.1, 0.15) is 30.4 Å². The van der Waals surface area contributed by atoms with E-state index in [-0.39, 0.29) is 30.4 Å². The van der Waals surface area contributed by atoms with Gasteiger partial charge in [0.25, 0.3) is 11.6 Å². The molecule has 2 aromatic rings. The lowest BCUT2D eigenvalue weighted by atomic mass is 10.1. The molecule has 1 amide bonds. The average molecular weight is 408 g/mol. The van der Waals surface area contributed by atoms with Gasteiger partial charge in [-0.15, -0.1) is 0 Å². The van der Waals surface area contributed by atoms with Crippen LogP contribution in [0, 0.1) is 21.7 Å². The minimum atomic E-state index is -1.43. The molecule has 0 aliphatic carbocycles. The fourth-order valence-corrected chi connectivity index (χ4v) is 2.50. The Morgan fingerprint density at radius 2 is 1.83 bits per heavy atom. The summed E-state index contributed by atoms with van der Waals surface area (Å²) in [6.45, 7) is 1.59. The van der Waals surface area contributed by atoms with Crippen LogP contribution in [0.3, 0.4) is 0 Å². The van der Waals surface area contributed by atoms with Crippen molar-refractivity contribution >= 4 is 23.3 Å². The molecule has 0 aromatic heterocycles. The number of anilines is 1. The zero-order chi connectivity index (χ0) is 21.1. The molecule has 0 radical (unpaired) electrons. The largest absolute Gasteiger partial charge is 0.486 e. The summed E-state index contributed by atoms with van der Waals surface area (Å²) >= 11 is 0. The van der Waals surface area contributed by atoms with Crippen LogP contribution in [-0.2, 0) is 9.53 Å². The van der Waals surface area contributed by atoms with Crippen molar-refractivity contribution in [2.24, 2.45) is 0 Å². The summed E-state index contributed by atoms with van der Waals surface area (Å²) in [6.07, 6.45) is -1.43. The number of amides is 1. The van der Waals surface area contributed by atoms with Crippen LogP contribution in [0.1, 0.15) is 17.3 Å². The summed E-state index contributed by atoms with van der Waals surface area (Å²) in [6, 6.07) is 4.64. The molecule has 1 heterocycles. The van der Waals surface area contributed by atoms with E-state index in [1.165, 1.54) is 6.92 Å². The van der Waals surface area contributed by atoms with Crippen LogP contribution in [0.2, 0.25) is 0 Å². The van der Waals surface area contributed by atoms with Crippen molar-refractivity contribution < 1.29 is 37.5 Å². The number of nitrogens with one attached hydrogen (secondary N) is 1. The van der Waals surface area contributed by atoms with E-state index in [1.807, 2.05) is 0 Å². The monoisotopic (exact) mass is 408 g/mol. The highest BCUT2D eigenvalue weighted by molar-refractivity contribution is 5.99. The van der Waals surface area contributed by atoms with Crippen molar-refractivity contribution in [2.75, 3.05) is 18.5 Å². The number of nitrogens with zero attached hydrogens (tertiary/aromatic N) is 1. The lowest BCUT2D eigenvalue weighted by molar-refractivity contribution is -0.385. The molecule has 0 unspecified atom stereocenters. The van der Waals surface area contributed by atoms with Crippen molar-refractivity contribution in [3.05, 3.63) is 57.6 Å². The van der Waals surface area contributed by atoms with Crippen LogP contribution in [0.5, 0.6) is 11.5 Å². The van der Waals surface area contributed by atoms with Gasteiger partial charge in [-0.1, -0.05) is 0 Å². The first-order chi connectivity index (χ1) is 13.8. The summed E-state index contributed by atoms with van der Waals surface area (Å²) in [5.74, 6) is -3.68. The molecule has 2 aromatic carbocycles. The third-order valence-corrected chi connectivity index (χ3v) is 3.92. The number of carbonyl (C=O) groups is 2. The molecule has 1 aliphatic rings. The predicted molar refractivity (Wildman–Crippen MR) is 94.0 cm³/mol. The maximum atomic E-state index is 13.6. The van der Waals surface area contributed by atoms with E-state index in [4.69, 9.17) is 14.2 Å². The Morgan fingerprint density at radius 3 is 2.45 bits per heavy atom. The van der Waals surface area contributed by atoms with E-state index in [0.29, 0.717) is 6.07 Å². The molecule has 29 heavy (non-hydrogen) atoms. The number of rotatable bonds is 5. The standard InChI is InChI=1S/C18H14F2N2O7/c1-9(17(23)21-13-3-2-10(19)6-12(13)20)29-18(24)11-7-15-16(28-5-4-27-15)8-14(11)22(25)26/h2-3,6-9H,4-5H2,1H3,(H,21,23)/t9-/m0/s1. The number of ether oxygens (including phenoxy) is 3. The second kappa shape index (κ2) is 8.09. The summed E-state index contributed by atoms with van der Waals surface area (Å²) < 4.78 is 42.1. The van der Waals surface area contributed by atoms with Gasteiger partial charge in [0, 0.05) is 12.1 Å². The molecule has 0 saturated carbocycles. The van der Waals surface area contributed by atoms with Gasteiger partial charge in [-0.2, -0.15) is 0 Å². The highest BCUT2D eigenvalue weighted by atomic mass is 19.1. The zero-order valence-corrected chi connectivity index (χ0v) is 14.9. The molecule has 3 rings (SSSR count). The highest BCUT2D eigenvalue weighted by Gasteiger charge is 2.29.